The van der Waals surface area contributed by atoms with E-state index < -0.39 is 11.6 Å². The van der Waals surface area contributed by atoms with E-state index in [1.807, 2.05) is 6.92 Å². The smallest absolute Gasteiger partial charge is 0.266 e. The average molecular weight is 263 g/mol. The van der Waals surface area contributed by atoms with Crippen LogP contribution in [0.3, 0.4) is 0 Å². The highest BCUT2D eigenvalue weighted by molar-refractivity contribution is 6.00. The third-order valence-electron chi connectivity index (χ3n) is 2.93. The Hall–Kier alpha value is -2.24. The fraction of sp³-hybridized carbons (Fsp3) is 0.308. The Morgan fingerprint density at radius 3 is 2.74 bits per heavy atom. The van der Waals surface area contributed by atoms with Crippen molar-refractivity contribution in [2.45, 2.75) is 12.6 Å². The number of halogens is 1. The van der Waals surface area contributed by atoms with Gasteiger partial charge in [-0.1, -0.05) is 12.6 Å². The number of carbonyl (C=O) groups is 2. The predicted octanol–water partition coefficient (Wildman–Crippen LogP) is 1.07. The fourth-order valence-corrected chi connectivity index (χ4v) is 1.76. The van der Waals surface area contributed by atoms with E-state index in [0.29, 0.717) is 5.82 Å². The number of rotatable bonds is 3. The van der Waals surface area contributed by atoms with Gasteiger partial charge < -0.3 is 10.2 Å². The number of nitrogens with zero attached hydrogens (tertiary/aromatic N) is 2. The molecule has 1 aromatic rings. The number of alkyl halides is 1. The number of anilines is 1. The zero-order chi connectivity index (χ0) is 14.0. The summed E-state index contributed by atoms with van der Waals surface area (Å²) in [6.45, 7) is 4.66. The molecule has 0 aromatic carbocycles. The molecule has 2 amide bonds. The second-order valence-electron chi connectivity index (χ2n) is 4.54. The second kappa shape index (κ2) is 4.79. The summed E-state index contributed by atoms with van der Waals surface area (Å²) in [5, 5.41) is 2.40. The molecule has 1 aliphatic rings. The summed E-state index contributed by atoms with van der Waals surface area (Å²) in [5.74, 6) is -0.868. The lowest BCUT2D eigenvalue weighted by Crippen LogP contribution is -2.66. The van der Waals surface area contributed by atoms with Crippen LogP contribution >= 0.6 is 0 Å². The molecule has 1 fully saturated rings. The molecule has 0 spiro atoms. The molecule has 1 saturated heterocycles. The van der Waals surface area contributed by atoms with Gasteiger partial charge in [0.1, 0.15) is 5.82 Å². The molecule has 0 saturated carbocycles. The monoisotopic (exact) mass is 263 g/mol. The first-order valence-electron chi connectivity index (χ1n) is 5.79. The van der Waals surface area contributed by atoms with E-state index in [1.54, 1.807) is 18.3 Å². The van der Waals surface area contributed by atoms with Crippen molar-refractivity contribution >= 4 is 17.6 Å². The molecule has 0 unspecified atom stereocenters. The molecule has 6 heteroatoms. The fourth-order valence-electron chi connectivity index (χ4n) is 1.76. The summed E-state index contributed by atoms with van der Waals surface area (Å²) in [6.07, 6.45) is 2.67. The van der Waals surface area contributed by atoms with Crippen molar-refractivity contribution in [3.63, 3.8) is 0 Å². The summed E-state index contributed by atoms with van der Waals surface area (Å²) in [7, 11) is 0. The Labute approximate surface area is 110 Å². The number of aromatic nitrogens is 1. The van der Waals surface area contributed by atoms with Crippen LogP contribution in [0.15, 0.2) is 31.0 Å². The van der Waals surface area contributed by atoms with Crippen molar-refractivity contribution < 1.29 is 14.0 Å². The molecule has 100 valence electrons. The quantitative estimate of drug-likeness (QED) is 0.830. The summed E-state index contributed by atoms with van der Waals surface area (Å²) in [5.41, 5.74) is -1.11. The maximum Gasteiger partial charge on any atom is 0.266 e. The summed E-state index contributed by atoms with van der Waals surface area (Å²) >= 11 is 0. The van der Waals surface area contributed by atoms with Gasteiger partial charge in [-0.25, -0.2) is 9.37 Å². The van der Waals surface area contributed by atoms with Gasteiger partial charge in [-0.15, -0.1) is 0 Å². The maximum absolute atomic E-state index is 14.1. The number of hydrogen-bond acceptors (Lipinski definition) is 3. The lowest BCUT2D eigenvalue weighted by Gasteiger charge is -2.42. The normalized spacial score (nSPS) is 16.4. The molecular formula is C13H14FN3O2. The van der Waals surface area contributed by atoms with Crippen molar-refractivity contribution in [3.8, 4) is 0 Å². The lowest BCUT2D eigenvalue weighted by molar-refractivity contribution is -0.150. The van der Waals surface area contributed by atoms with Gasteiger partial charge >= 0.3 is 0 Å². The molecule has 2 heterocycles. The van der Waals surface area contributed by atoms with E-state index in [2.05, 4.69) is 16.9 Å². The lowest BCUT2D eigenvalue weighted by atomic mass is 9.95. The average Bonchev–Trinajstić information content (AvgIpc) is 2.36. The summed E-state index contributed by atoms with van der Waals surface area (Å²) < 4.78 is 14.1. The van der Waals surface area contributed by atoms with Gasteiger partial charge in [0.2, 0.25) is 11.6 Å². The molecule has 1 aliphatic heterocycles. The molecule has 1 aromatic heterocycles. The first-order valence-corrected chi connectivity index (χ1v) is 5.79. The van der Waals surface area contributed by atoms with Crippen molar-refractivity contribution in [3.05, 3.63) is 36.5 Å². The number of nitrogens with one attached hydrogen (secondary N) is 1. The van der Waals surface area contributed by atoms with Crippen LogP contribution in [-0.4, -0.2) is 40.5 Å². The van der Waals surface area contributed by atoms with Crippen LogP contribution in [0.2, 0.25) is 0 Å². The topological polar surface area (TPSA) is 62.3 Å². The van der Waals surface area contributed by atoms with E-state index in [9.17, 15) is 14.0 Å². The number of hydrogen-bond donors (Lipinski definition) is 1. The first kappa shape index (κ1) is 13.2. The molecule has 5 nitrogen and oxygen atoms in total. The second-order valence-corrected chi connectivity index (χ2v) is 4.54. The zero-order valence-electron chi connectivity index (χ0n) is 10.5. The molecular weight excluding hydrogens is 249 g/mol. The van der Waals surface area contributed by atoms with Crippen LogP contribution in [0.4, 0.5) is 10.2 Å². The molecule has 19 heavy (non-hydrogen) atoms. The van der Waals surface area contributed by atoms with Crippen molar-refractivity contribution in [1.29, 1.82) is 0 Å². The Kier molecular flexibility index (Phi) is 3.33. The first-order chi connectivity index (χ1) is 8.94. The minimum atomic E-state index is -2.05. The Bertz CT molecular complexity index is 521. The third-order valence-corrected chi connectivity index (χ3v) is 2.93. The largest absolute Gasteiger partial charge is 0.331 e. The van der Waals surface area contributed by atoms with Crippen LogP contribution in [-0.2, 0) is 9.59 Å². The van der Waals surface area contributed by atoms with E-state index >= 15 is 0 Å². The Morgan fingerprint density at radius 2 is 2.21 bits per heavy atom. The molecule has 0 bridgehead atoms. The zero-order valence-corrected chi connectivity index (χ0v) is 10.5. The number of aryl methyl sites for hydroxylation is 1. The van der Waals surface area contributed by atoms with E-state index in [4.69, 9.17) is 0 Å². The molecule has 2 rings (SSSR count). The molecule has 1 N–H and O–H groups in total. The predicted molar refractivity (Wildman–Crippen MR) is 68.2 cm³/mol. The van der Waals surface area contributed by atoms with Gasteiger partial charge in [0.05, 0.1) is 13.1 Å². The van der Waals surface area contributed by atoms with Crippen LogP contribution < -0.4 is 5.32 Å². The van der Waals surface area contributed by atoms with Crippen LogP contribution in [0, 0.1) is 6.92 Å². The highest BCUT2D eigenvalue weighted by Gasteiger charge is 2.51. The third kappa shape index (κ3) is 2.62. The van der Waals surface area contributed by atoms with E-state index in [1.165, 1.54) is 4.90 Å². The minimum Gasteiger partial charge on any atom is -0.331 e. The Balaban J connectivity index is 1.96. The number of amides is 2. The number of pyridine rings is 1. The Morgan fingerprint density at radius 1 is 1.53 bits per heavy atom. The molecule has 0 aliphatic carbocycles. The SMILES string of the molecule is C=CC(=O)N1CC(F)(C(=O)Nc2ccc(C)cn2)C1. The van der Waals surface area contributed by atoms with Crippen molar-refractivity contribution in [2.75, 3.05) is 18.4 Å². The van der Waals surface area contributed by atoms with Gasteiger partial charge in [0, 0.05) is 6.20 Å². The highest BCUT2D eigenvalue weighted by Crippen LogP contribution is 2.27. The van der Waals surface area contributed by atoms with Gasteiger partial charge in [0.25, 0.3) is 5.91 Å². The van der Waals surface area contributed by atoms with Crippen molar-refractivity contribution in [2.24, 2.45) is 0 Å². The van der Waals surface area contributed by atoms with Crippen LogP contribution in [0.5, 0.6) is 0 Å². The van der Waals surface area contributed by atoms with E-state index in [0.717, 1.165) is 11.6 Å². The van der Waals surface area contributed by atoms with Crippen LogP contribution in [0.25, 0.3) is 0 Å². The van der Waals surface area contributed by atoms with Crippen LogP contribution in [0.1, 0.15) is 5.56 Å². The minimum absolute atomic E-state index is 0.254. The summed E-state index contributed by atoms with van der Waals surface area (Å²) in [6, 6.07) is 3.36. The van der Waals surface area contributed by atoms with Gasteiger partial charge in [-0.2, -0.15) is 0 Å². The van der Waals surface area contributed by atoms with Gasteiger partial charge in [0.15, 0.2) is 0 Å². The number of carbonyl (C=O) groups excluding carboxylic acids is 2. The van der Waals surface area contributed by atoms with Gasteiger partial charge in [-0.05, 0) is 24.6 Å². The number of likely N-dealkylation sites (tertiary alicyclic amines) is 1. The van der Waals surface area contributed by atoms with E-state index in [-0.39, 0.29) is 19.0 Å². The molecule has 0 atom stereocenters. The summed E-state index contributed by atoms with van der Waals surface area (Å²) in [4.78, 5) is 28.1. The highest BCUT2D eigenvalue weighted by atomic mass is 19.1. The van der Waals surface area contributed by atoms with Crippen molar-refractivity contribution in [1.82, 2.24) is 9.88 Å². The van der Waals surface area contributed by atoms with Gasteiger partial charge in [-0.3, -0.25) is 9.59 Å². The maximum atomic E-state index is 14.1. The molecule has 0 radical (unpaired) electrons. The standard InChI is InChI=1S/C13H14FN3O2/c1-3-11(18)17-7-13(14,8-17)12(19)16-10-5-4-9(2)6-15-10/h3-6H,1,7-8H2,2H3,(H,15,16,19).